The highest BCUT2D eigenvalue weighted by atomic mass is 127. The van der Waals surface area contributed by atoms with Crippen LogP contribution < -0.4 is 0 Å². The second kappa shape index (κ2) is 2.38. The van der Waals surface area contributed by atoms with E-state index >= 15 is 0 Å². The highest BCUT2D eigenvalue weighted by molar-refractivity contribution is 14.6. The molecule has 0 unspecified atom stereocenters. The quantitative estimate of drug-likeness (QED) is 0.385. The average molecular weight is 584 g/mol. The van der Waals surface area contributed by atoms with Gasteiger partial charge in [0.05, 0.1) is 0 Å². The molecule has 5 heteroatoms. The number of halogens is 4. The minimum absolute atomic E-state index is 1.27. The first kappa shape index (κ1) is 11.3. The van der Waals surface area contributed by atoms with Crippen molar-refractivity contribution in [3.63, 3.8) is 0 Å². The molecule has 0 heterocycles. The topological polar surface area (TPSA) is 0 Å². The fourth-order valence-electron chi connectivity index (χ4n) is 0. The van der Waals surface area contributed by atoms with Crippen molar-refractivity contribution in [2.45, 2.75) is 6.92 Å². The van der Waals surface area contributed by atoms with Gasteiger partial charge in [-0.1, -0.05) is 6.92 Å². The predicted octanol–water partition coefficient (Wildman–Crippen LogP) is 4.91. The van der Waals surface area contributed by atoms with Crippen molar-refractivity contribution in [1.82, 2.24) is 0 Å². The predicted molar refractivity (Wildman–Crippen MR) is 80.1 cm³/mol. The van der Waals surface area contributed by atoms with E-state index in [1.807, 2.05) is 0 Å². The molecule has 0 aromatic rings. The van der Waals surface area contributed by atoms with Crippen LogP contribution in [-0.2, 0) is 0 Å². The molecule has 0 rings (SSSR count). The van der Waals surface area contributed by atoms with Crippen molar-refractivity contribution in [2.75, 3.05) is 12.0 Å². The molecule has 0 atom stereocenters. The fraction of sp³-hybridized carbons (Fsp3) is 1.00. The molecular weight excluding hydrogens is 576 g/mol. The van der Waals surface area contributed by atoms with E-state index in [0.717, 1.165) is 0 Å². The summed E-state index contributed by atoms with van der Waals surface area (Å²) in [5.41, 5.74) is 0. The second-order valence-electron chi connectivity index (χ2n) is 1.98. The van der Waals surface area contributed by atoms with Gasteiger partial charge in [0.1, 0.15) is 0 Å². The lowest BCUT2D eigenvalue weighted by Gasteiger charge is -2.55. The summed E-state index contributed by atoms with van der Waals surface area (Å²) in [4.78, 5) is 0. The zero-order chi connectivity index (χ0) is 7.12. The standard InChI is InChI=1S/C3H8I4S/c1-3-8(2,4,5,6)7/h3H2,1-2H3. The highest BCUT2D eigenvalue weighted by Gasteiger charge is 2.43. The molecule has 0 aliphatic carbocycles. The zero-order valence-corrected chi connectivity index (χ0v) is 14.1. The van der Waals surface area contributed by atoms with Crippen LogP contribution in [-0.4, -0.2) is 12.0 Å². The lowest BCUT2D eigenvalue weighted by molar-refractivity contribution is 1.53. The van der Waals surface area contributed by atoms with Crippen LogP contribution in [0.15, 0.2) is 0 Å². The Kier molecular flexibility index (Phi) is 3.35. The van der Waals surface area contributed by atoms with Crippen LogP contribution >= 0.6 is 81.8 Å². The third kappa shape index (κ3) is 9.27. The van der Waals surface area contributed by atoms with Crippen LogP contribution in [0.4, 0.5) is 0 Å². The van der Waals surface area contributed by atoms with Crippen molar-refractivity contribution in [3.8, 4) is 0 Å². The summed E-state index contributed by atoms with van der Waals surface area (Å²) in [6.07, 6.45) is 2.35. The maximum Gasteiger partial charge on any atom is -0.00769 e. The first-order chi connectivity index (χ1) is 3.04. The van der Waals surface area contributed by atoms with Crippen molar-refractivity contribution in [1.29, 1.82) is 0 Å². The Morgan fingerprint density at radius 1 is 1.12 bits per heavy atom. The molecule has 0 bridgehead atoms. The Hall–Kier alpha value is 3.27. The van der Waals surface area contributed by atoms with E-state index in [2.05, 4.69) is 98.0 Å². The maximum absolute atomic E-state index is 2.59. The molecule has 0 saturated heterocycles. The van der Waals surface area contributed by atoms with E-state index in [-0.39, 0.29) is 0 Å². The van der Waals surface area contributed by atoms with Gasteiger partial charge in [-0.3, -0.25) is 0 Å². The number of hydrogen-bond donors (Lipinski definition) is 0. The zero-order valence-electron chi connectivity index (χ0n) is 4.63. The molecule has 0 fully saturated rings. The van der Waals surface area contributed by atoms with Gasteiger partial charge < -0.3 is 0 Å². The third-order valence-electron chi connectivity index (χ3n) is 0.725. The monoisotopic (exact) mass is 584 g/mol. The summed E-state index contributed by atoms with van der Waals surface area (Å²) in [6, 6.07) is 0. The first-order valence-electron chi connectivity index (χ1n) is 2.02. The van der Waals surface area contributed by atoms with E-state index in [1.54, 1.807) is 0 Å². The first-order valence-corrected chi connectivity index (χ1v) is 15.2. The molecule has 8 heavy (non-hydrogen) atoms. The summed E-state index contributed by atoms with van der Waals surface area (Å²) in [7, 11) is 0. The van der Waals surface area contributed by atoms with Crippen molar-refractivity contribution in [2.24, 2.45) is 0 Å². The van der Waals surface area contributed by atoms with Crippen LogP contribution in [0, 0.1) is 0 Å². The van der Waals surface area contributed by atoms with Gasteiger partial charge >= 0.3 is 0 Å². The van der Waals surface area contributed by atoms with E-state index < -0.39 is -3.02 Å². The SMILES string of the molecule is CCS(C)(I)(I)(I)I. The van der Waals surface area contributed by atoms with E-state index in [0.29, 0.717) is 0 Å². The minimum atomic E-state index is -1.62. The van der Waals surface area contributed by atoms with Gasteiger partial charge in [-0.2, -0.15) is 0 Å². The normalized spacial score (nSPS) is 21.8. The lowest BCUT2D eigenvalue weighted by atomic mass is 11.0. The smallest absolute Gasteiger partial charge is 0.00769 e. The highest BCUT2D eigenvalue weighted by Crippen LogP contribution is 3.10. The Morgan fingerprint density at radius 2 is 1.25 bits per heavy atom. The maximum atomic E-state index is 2.59. The average Bonchev–Trinajstić information content (AvgIpc) is 1.30. The fourth-order valence-corrected chi connectivity index (χ4v) is 0. The Bertz CT molecular complexity index is 94.4. The summed E-state index contributed by atoms with van der Waals surface area (Å²) >= 11 is 10.3. The van der Waals surface area contributed by atoms with Crippen LogP contribution in [0.5, 0.6) is 0 Å². The van der Waals surface area contributed by atoms with Gasteiger partial charge in [-0.05, 0) is 96.8 Å². The van der Waals surface area contributed by atoms with Gasteiger partial charge in [0.15, 0.2) is 0 Å². The third-order valence-corrected chi connectivity index (χ3v) is 9.65. The van der Waals surface area contributed by atoms with E-state index in [9.17, 15) is 0 Å². The molecule has 0 amide bonds. The molecule has 0 nitrogen and oxygen atoms in total. The summed E-state index contributed by atoms with van der Waals surface area (Å²) < 4.78 is -1.62. The van der Waals surface area contributed by atoms with Crippen LogP contribution in [0.25, 0.3) is 0 Å². The number of hydrogen-bond acceptors (Lipinski definition) is 0. The van der Waals surface area contributed by atoms with Crippen LogP contribution in [0.2, 0.25) is 0 Å². The second-order valence-corrected chi connectivity index (χ2v) is 70.2. The Morgan fingerprint density at radius 3 is 1.25 bits per heavy atom. The molecule has 0 aliphatic rings. The molecule has 0 radical (unpaired) electrons. The number of rotatable bonds is 1. The van der Waals surface area contributed by atoms with Gasteiger partial charge in [0.25, 0.3) is 0 Å². The summed E-state index contributed by atoms with van der Waals surface area (Å²) in [5.74, 6) is 1.27. The van der Waals surface area contributed by atoms with Crippen LogP contribution in [0.3, 0.4) is 0 Å². The Labute approximate surface area is 98.3 Å². The Balaban J connectivity index is 4.50. The van der Waals surface area contributed by atoms with Crippen LogP contribution in [0.1, 0.15) is 6.92 Å². The van der Waals surface area contributed by atoms with Gasteiger partial charge in [-0.15, -0.1) is -3.02 Å². The van der Waals surface area contributed by atoms with Gasteiger partial charge in [-0.25, -0.2) is 0 Å². The van der Waals surface area contributed by atoms with E-state index in [4.69, 9.17) is 0 Å². The molecule has 54 valence electrons. The molecule has 0 aliphatic heterocycles. The largest absolute Gasteiger partial charge is 0.111 e. The molecule has 0 aromatic heterocycles. The molecule has 0 N–H and O–H groups in total. The van der Waals surface area contributed by atoms with Crippen molar-refractivity contribution in [3.05, 3.63) is 0 Å². The molecular formula is C3H8I4S. The van der Waals surface area contributed by atoms with Gasteiger partial charge in [0.2, 0.25) is 0 Å². The van der Waals surface area contributed by atoms with Crippen molar-refractivity contribution < 1.29 is 0 Å². The van der Waals surface area contributed by atoms with Crippen molar-refractivity contribution >= 4 is 81.8 Å². The molecule has 0 aromatic carbocycles. The lowest BCUT2D eigenvalue weighted by Crippen LogP contribution is -2.02. The van der Waals surface area contributed by atoms with E-state index in [1.165, 1.54) is 5.75 Å². The summed E-state index contributed by atoms with van der Waals surface area (Å²) in [6.45, 7) is 2.25. The minimum Gasteiger partial charge on any atom is -0.111 e. The molecule has 0 spiro atoms. The summed E-state index contributed by atoms with van der Waals surface area (Å²) in [5, 5.41) is 0. The van der Waals surface area contributed by atoms with Gasteiger partial charge in [0, 0.05) is 0 Å². The molecule has 0 saturated carbocycles.